The number of piperazine rings is 1. The van der Waals surface area contributed by atoms with Crippen LogP contribution in [0.2, 0.25) is 0 Å². The maximum Gasteiger partial charge on any atom is 0.0150 e. The van der Waals surface area contributed by atoms with E-state index in [-0.39, 0.29) is 0 Å². The number of hydrogen-bond acceptors (Lipinski definition) is 2. The highest BCUT2D eigenvalue weighted by atomic mass is 31.1. The molecular formula is C11H21N2P. The third kappa shape index (κ3) is 1.98. The van der Waals surface area contributed by atoms with Crippen LogP contribution < -0.4 is 0 Å². The van der Waals surface area contributed by atoms with Gasteiger partial charge in [-0.05, 0) is 52.1 Å². The second-order valence-corrected chi connectivity index (χ2v) is 7.89. The molecule has 2 nitrogen and oxygen atoms in total. The molecule has 0 spiro atoms. The molecule has 0 aromatic heterocycles. The van der Waals surface area contributed by atoms with E-state index in [1.807, 2.05) is 0 Å². The van der Waals surface area contributed by atoms with Crippen LogP contribution in [0.4, 0.5) is 0 Å². The van der Waals surface area contributed by atoms with Gasteiger partial charge in [0.2, 0.25) is 0 Å². The van der Waals surface area contributed by atoms with Gasteiger partial charge >= 0.3 is 0 Å². The fraction of sp³-hybridized carbons (Fsp3) is 1.00. The van der Waals surface area contributed by atoms with E-state index in [2.05, 4.69) is 16.6 Å². The maximum absolute atomic E-state index is 2.87. The van der Waals surface area contributed by atoms with Gasteiger partial charge in [-0.1, -0.05) is 0 Å². The Morgan fingerprint density at radius 3 is 1.79 bits per heavy atom. The zero-order chi connectivity index (χ0) is 9.54. The monoisotopic (exact) mass is 212 g/mol. The van der Waals surface area contributed by atoms with E-state index in [0.29, 0.717) is 8.07 Å². The van der Waals surface area contributed by atoms with Crippen molar-refractivity contribution in [1.82, 2.24) is 9.57 Å². The normalized spacial score (nSPS) is 31.3. The van der Waals surface area contributed by atoms with Gasteiger partial charge in [0.15, 0.2) is 0 Å². The Balaban J connectivity index is 1.61. The fourth-order valence-electron chi connectivity index (χ4n) is 2.47. The molecule has 0 unspecified atom stereocenters. The molecule has 0 N–H and O–H groups in total. The molecule has 3 aliphatic rings. The molecule has 0 atom stereocenters. The average Bonchev–Trinajstić information content (AvgIpc) is 3.00. The van der Waals surface area contributed by atoms with Gasteiger partial charge in [0.1, 0.15) is 0 Å². The summed E-state index contributed by atoms with van der Waals surface area (Å²) in [6.45, 7) is 5.32. The van der Waals surface area contributed by atoms with Crippen LogP contribution >= 0.6 is 8.07 Å². The summed E-state index contributed by atoms with van der Waals surface area (Å²) in [6, 6.07) is 0. The van der Waals surface area contributed by atoms with Gasteiger partial charge in [-0.25, -0.2) is 0 Å². The van der Waals surface area contributed by atoms with E-state index in [1.54, 1.807) is 25.7 Å². The zero-order valence-corrected chi connectivity index (χ0v) is 10.0. The molecule has 80 valence electrons. The first-order valence-corrected chi connectivity index (χ1v) is 7.49. The van der Waals surface area contributed by atoms with Crippen LogP contribution in [0.1, 0.15) is 25.7 Å². The molecule has 2 aliphatic carbocycles. The van der Waals surface area contributed by atoms with Crippen molar-refractivity contribution in [2.45, 2.75) is 37.0 Å². The van der Waals surface area contributed by atoms with Crippen molar-refractivity contribution in [3.63, 3.8) is 0 Å². The highest BCUT2D eigenvalue weighted by Crippen LogP contribution is 2.65. The number of rotatable bonds is 3. The van der Waals surface area contributed by atoms with E-state index in [4.69, 9.17) is 0 Å². The minimum absolute atomic E-state index is 0.313. The summed E-state index contributed by atoms with van der Waals surface area (Å²) in [5.74, 6) is 0. The predicted molar refractivity (Wildman–Crippen MR) is 62.0 cm³/mol. The molecule has 14 heavy (non-hydrogen) atoms. The lowest BCUT2D eigenvalue weighted by molar-refractivity contribution is 0.228. The summed E-state index contributed by atoms with van der Waals surface area (Å²) in [7, 11) is 2.57. The smallest absolute Gasteiger partial charge is 0.0150 e. The molecule has 1 aliphatic heterocycles. The van der Waals surface area contributed by atoms with Crippen molar-refractivity contribution < 1.29 is 0 Å². The summed E-state index contributed by atoms with van der Waals surface area (Å²) >= 11 is 0. The Bertz CT molecular complexity index is 193. The zero-order valence-electron chi connectivity index (χ0n) is 9.15. The molecule has 0 aromatic carbocycles. The minimum atomic E-state index is 0.313. The van der Waals surface area contributed by atoms with Crippen molar-refractivity contribution in [2.24, 2.45) is 0 Å². The largest absolute Gasteiger partial charge is 0.304 e. The second-order valence-electron chi connectivity index (χ2n) is 5.10. The molecule has 0 aromatic rings. The molecular weight excluding hydrogens is 191 g/mol. The Hall–Kier alpha value is 0.350. The van der Waals surface area contributed by atoms with E-state index in [1.165, 1.54) is 26.2 Å². The van der Waals surface area contributed by atoms with Gasteiger partial charge in [-0.2, -0.15) is 0 Å². The van der Waals surface area contributed by atoms with Crippen molar-refractivity contribution in [2.75, 3.05) is 33.2 Å². The van der Waals surface area contributed by atoms with Crippen LogP contribution in [-0.2, 0) is 0 Å². The lowest BCUT2D eigenvalue weighted by atomic mass is 10.4. The highest BCUT2D eigenvalue weighted by molar-refractivity contribution is 7.57. The van der Waals surface area contributed by atoms with Gasteiger partial charge in [-0.15, -0.1) is 0 Å². The summed E-state index contributed by atoms with van der Waals surface area (Å²) in [4.78, 5) is 2.48. The first kappa shape index (κ1) is 9.57. The molecule has 0 bridgehead atoms. The molecule has 3 fully saturated rings. The van der Waals surface area contributed by atoms with E-state index in [0.717, 1.165) is 11.3 Å². The number of hydrogen-bond donors (Lipinski definition) is 0. The lowest BCUT2D eigenvalue weighted by Gasteiger charge is -2.38. The van der Waals surface area contributed by atoms with Gasteiger partial charge in [0, 0.05) is 26.2 Å². The number of likely N-dealkylation sites (N-methyl/N-ethyl adjacent to an activating group) is 1. The van der Waals surface area contributed by atoms with Crippen molar-refractivity contribution in [3.8, 4) is 0 Å². The average molecular weight is 212 g/mol. The molecule has 0 radical (unpaired) electrons. The molecule has 1 heterocycles. The van der Waals surface area contributed by atoms with Crippen molar-refractivity contribution in [1.29, 1.82) is 0 Å². The van der Waals surface area contributed by atoms with Gasteiger partial charge in [-0.3, -0.25) is 4.67 Å². The topological polar surface area (TPSA) is 6.48 Å². The molecule has 2 saturated carbocycles. The van der Waals surface area contributed by atoms with Crippen molar-refractivity contribution >= 4 is 8.07 Å². The maximum atomic E-state index is 2.87. The van der Waals surface area contributed by atoms with Crippen LogP contribution in [0.5, 0.6) is 0 Å². The Morgan fingerprint density at radius 2 is 1.36 bits per heavy atom. The summed E-state index contributed by atoms with van der Waals surface area (Å²) < 4.78 is 2.87. The molecule has 3 heteroatoms. The molecule has 1 saturated heterocycles. The Kier molecular flexibility index (Phi) is 2.55. The summed E-state index contributed by atoms with van der Waals surface area (Å²) in [5, 5.41) is 0. The first-order chi connectivity index (χ1) is 6.84. The second kappa shape index (κ2) is 3.73. The quantitative estimate of drug-likeness (QED) is 0.660. The standard InChI is InChI=1S/C11H21N2P/c1-12-6-8-13(9-7-12)14(10-2-3-10)11-4-5-11/h10-11H,2-9H2,1H3. The van der Waals surface area contributed by atoms with Crippen LogP contribution in [0.25, 0.3) is 0 Å². The van der Waals surface area contributed by atoms with Crippen LogP contribution in [0, 0.1) is 0 Å². The SMILES string of the molecule is CN1CCN(P(C2CC2)C2CC2)CC1. The van der Waals surface area contributed by atoms with Crippen LogP contribution in [0.3, 0.4) is 0 Å². The first-order valence-electron chi connectivity index (χ1n) is 6.06. The lowest BCUT2D eigenvalue weighted by Crippen LogP contribution is -2.42. The van der Waals surface area contributed by atoms with Gasteiger partial charge in [0.25, 0.3) is 0 Å². The third-order valence-electron chi connectivity index (χ3n) is 3.65. The van der Waals surface area contributed by atoms with Crippen LogP contribution in [0.15, 0.2) is 0 Å². The highest BCUT2D eigenvalue weighted by Gasteiger charge is 2.44. The van der Waals surface area contributed by atoms with E-state index < -0.39 is 0 Å². The van der Waals surface area contributed by atoms with Gasteiger partial charge in [0.05, 0.1) is 0 Å². The van der Waals surface area contributed by atoms with E-state index >= 15 is 0 Å². The van der Waals surface area contributed by atoms with E-state index in [9.17, 15) is 0 Å². The number of nitrogens with zero attached hydrogens (tertiary/aromatic N) is 2. The summed E-state index contributed by atoms with van der Waals surface area (Å²) in [5.41, 5.74) is 2.31. The molecule has 0 amide bonds. The minimum Gasteiger partial charge on any atom is -0.304 e. The van der Waals surface area contributed by atoms with Gasteiger partial charge < -0.3 is 4.90 Å². The van der Waals surface area contributed by atoms with Crippen LogP contribution in [-0.4, -0.2) is 54.1 Å². The van der Waals surface area contributed by atoms with Crippen molar-refractivity contribution in [3.05, 3.63) is 0 Å². The predicted octanol–water partition coefficient (Wildman–Crippen LogP) is 1.96. The molecule has 3 rings (SSSR count). The fourth-order valence-corrected chi connectivity index (χ4v) is 5.98. The Labute approximate surface area is 88.4 Å². The Morgan fingerprint density at radius 1 is 0.857 bits per heavy atom. The summed E-state index contributed by atoms with van der Waals surface area (Å²) in [6.07, 6.45) is 6.20. The third-order valence-corrected chi connectivity index (χ3v) is 7.23.